The van der Waals surface area contributed by atoms with Crippen molar-refractivity contribution in [2.24, 2.45) is 4.99 Å². The van der Waals surface area contributed by atoms with Crippen LogP contribution in [0.1, 0.15) is 51.2 Å². The number of ether oxygens (including phenoxy) is 2. The van der Waals surface area contributed by atoms with Crippen LogP contribution < -0.4 is 10.6 Å². The summed E-state index contributed by atoms with van der Waals surface area (Å²) in [7, 11) is 1.76. The summed E-state index contributed by atoms with van der Waals surface area (Å²) in [6.45, 7) is 12.8. The second-order valence-corrected chi connectivity index (χ2v) is 7.68. The Bertz CT molecular complexity index is 498. The van der Waals surface area contributed by atoms with Gasteiger partial charge in [0.25, 0.3) is 0 Å². The van der Waals surface area contributed by atoms with Crippen molar-refractivity contribution in [3.63, 3.8) is 0 Å². The van der Waals surface area contributed by atoms with Crippen molar-refractivity contribution in [3.8, 4) is 0 Å². The molecule has 0 radical (unpaired) electrons. The quantitative estimate of drug-likeness (QED) is 0.356. The van der Waals surface area contributed by atoms with Gasteiger partial charge in [-0.1, -0.05) is 34.1 Å². The lowest BCUT2D eigenvalue weighted by Crippen LogP contribution is -2.38. The van der Waals surface area contributed by atoms with Crippen LogP contribution in [0.3, 0.4) is 0 Å². The van der Waals surface area contributed by atoms with E-state index in [1.807, 2.05) is 0 Å². The molecular weight excluding hydrogens is 336 g/mol. The number of hydrogen-bond acceptors (Lipinski definition) is 5. The van der Waals surface area contributed by atoms with E-state index in [9.17, 15) is 0 Å². The van der Waals surface area contributed by atoms with E-state index in [-0.39, 0.29) is 5.41 Å². The molecule has 6 nitrogen and oxygen atoms in total. The minimum Gasteiger partial charge on any atom is -0.379 e. The Labute approximate surface area is 156 Å². The first-order valence-corrected chi connectivity index (χ1v) is 9.90. The third-order valence-corrected chi connectivity index (χ3v) is 4.72. The topological polar surface area (TPSA) is 67.8 Å². The molecule has 2 N–H and O–H groups in total. The maximum absolute atomic E-state index is 5.53. The third kappa shape index (κ3) is 9.77. The van der Waals surface area contributed by atoms with E-state index in [1.54, 1.807) is 18.4 Å². The molecular formula is C18H34N4O2S. The Morgan fingerprint density at radius 3 is 2.48 bits per heavy atom. The minimum atomic E-state index is 0.0977. The van der Waals surface area contributed by atoms with Gasteiger partial charge in [0.15, 0.2) is 5.96 Å². The molecule has 144 valence electrons. The molecule has 0 aliphatic carbocycles. The van der Waals surface area contributed by atoms with Gasteiger partial charge < -0.3 is 20.1 Å². The maximum Gasteiger partial charge on any atom is 0.191 e. The SMILES string of the molecule is CCCCOCCOCCNC(=NC)NCc1csc(C(C)(C)C)n1. The Hall–Kier alpha value is -1.18. The predicted octanol–water partition coefficient (Wildman–Crippen LogP) is 2.94. The summed E-state index contributed by atoms with van der Waals surface area (Å²) in [4.78, 5) is 8.89. The molecule has 0 aromatic carbocycles. The van der Waals surface area contributed by atoms with Gasteiger partial charge in [-0.2, -0.15) is 0 Å². The first-order valence-electron chi connectivity index (χ1n) is 9.02. The largest absolute Gasteiger partial charge is 0.379 e. The van der Waals surface area contributed by atoms with E-state index < -0.39 is 0 Å². The molecule has 0 aliphatic rings. The van der Waals surface area contributed by atoms with E-state index in [4.69, 9.17) is 9.47 Å². The maximum atomic E-state index is 5.53. The van der Waals surface area contributed by atoms with Crippen LogP contribution in [0.15, 0.2) is 10.4 Å². The molecule has 7 heteroatoms. The molecule has 1 rings (SSSR count). The van der Waals surface area contributed by atoms with E-state index in [0.29, 0.717) is 32.9 Å². The first kappa shape index (κ1) is 21.9. The molecule has 0 bridgehead atoms. The summed E-state index contributed by atoms with van der Waals surface area (Å²) in [5.74, 6) is 0.758. The molecule has 1 heterocycles. The van der Waals surface area contributed by atoms with Crippen molar-refractivity contribution in [2.45, 2.75) is 52.5 Å². The fraction of sp³-hybridized carbons (Fsp3) is 0.778. The Balaban J connectivity index is 2.13. The summed E-state index contributed by atoms with van der Waals surface area (Å²) >= 11 is 1.71. The highest BCUT2D eigenvalue weighted by Crippen LogP contribution is 2.25. The molecule has 0 spiro atoms. The van der Waals surface area contributed by atoms with Crippen LogP contribution in [0.2, 0.25) is 0 Å². The molecule has 1 aromatic rings. The van der Waals surface area contributed by atoms with Crippen LogP contribution in [0, 0.1) is 0 Å². The number of hydrogen-bond donors (Lipinski definition) is 2. The lowest BCUT2D eigenvalue weighted by atomic mass is 9.98. The van der Waals surface area contributed by atoms with Crippen LogP contribution in [0.25, 0.3) is 0 Å². The predicted molar refractivity (Wildman–Crippen MR) is 106 cm³/mol. The Morgan fingerprint density at radius 1 is 1.16 bits per heavy atom. The fourth-order valence-electron chi connectivity index (χ4n) is 1.94. The lowest BCUT2D eigenvalue weighted by Gasteiger charge is -2.14. The highest BCUT2D eigenvalue weighted by molar-refractivity contribution is 7.09. The summed E-state index contributed by atoms with van der Waals surface area (Å²) in [6, 6.07) is 0. The molecule has 0 fully saturated rings. The highest BCUT2D eigenvalue weighted by atomic mass is 32.1. The van der Waals surface area contributed by atoms with E-state index in [0.717, 1.165) is 36.1 Å². The molecule has 0 atom stereocenters. The number of nitrogens with one attached hydrogen (secondary N) is 2. The second-order valence-electron chi connectivity index (χ2n) is 6.82. The average molecular weight is 371 g/mol. The van der Waals surface area contributed by atoms with Gasteiger partial charge in [0, 0.05) is 31.0 Å². The highest BCUT2D eigenvalue weighted by Gasteiger charge is 2.17. The normalized spacial score (nSPS) is 12.4. The minimum absolute atomic E-state index is 0.0977. The van der Waals surface area contributed by atoms with E-state index in [2.05, 4.69) is 53.7 Å². The monoisotopic (exact) mass is 370 g/mol. The molecule has 0 saturated heterocycles. The molecule has 0 aliphatic heterocycles. The van der Waals surface area contributed by atoms with Crippen LogP contribution in [-0.4, -0.2) is 51.0 Å². The zero-order valence-electron chi connectivity index (χ0n) is 16.4. The molecule has 0 unspecified atom stereocenters. The molecule has 0 saturated carbocycles. The standard InChI is InChI=1S/C18H34N4O2S/c1-6-7-9-23-11-12-24-10-8-20-17(19-5)21-13-15-14-25-16(22-15)18(2,3)4/h14H,6-13H2,1-5H3,(H2,19,20,21). The number of aromatic nitrogens is 1. The van der Waals surface area contributed by atoms with Crippen molar-refractivity contribution in [3.05, 3.63) is 16.1 Å². The van der Waals surface area contributed by atoms with Crippen molar-refractivity contribution >= 4 is 17.3 Å². The summed E-state index contributed by atoms with van der Waals surface area (Å²) < 4.78 is 11.0. The number of thiazole rings is 1. The zero-order valence-corrected chi connectivity index (χ0v) is 17.2. The number of nitrogens with zero attached hydrogens (tertiary/aromatic N) is 2. The van der Waals surface area contributed by atoms with E-state index >= 15 is 0 Å². The fourth-order valence-corrected chi connectivity index (χ4v) is 2.84. The molecule has 25 heavy (non-hydrogen) atoms. The molecule has 1 aromatic heterocycles. The Kier molecular flexibility index (Phi) is 10.7. The Morgan fingerprint density at radius 2 is 1.88 bits per heavy atom. The lowest BCUT2D eigenvalue weighted by molar-refractivity contribution is 0.0487. The van der Waals surface area contributed by atoms with Crippen LogP contribution >= 0.6 is 11.3 Å². The van der Waals surface area contributed by atoms with Crippen molar-refractivity contribution in [2.75, 3.05) is 40.0 Å². The number of aliphatic imine (C=N–C) groups is 1. The van der Waals surface area contributed by atoms with Gasteiger partial charge in [-0.3, -0.25) is 4.99 Å². The zero-order chi connectivity index (χ0) is 18.5. The van der Waals surface area contributed by atoms with Gasteiger partial charge >= 0.3 is 0 Å². The van der Waals surface area contributed by atoms with Gasteiger partial charge in [-0.25, -0.2) is 4.98 Å². The molecule has 0 amide bonds. The summed E-state index contributed by atoms with van der Waals surface area (Å²) in [5.41, 5.74) is 1.14. The van der Waals surface area contributed by atoms with Gasteiger partial charge in [0.05, 0.1) is 37.1 Å². The van der Waals surface area contributed by atoms with Crippen molar-refractivity contribution in [1.29, 1.82) is 0 Å². The van der Waals surface area contributed by atoms with Crippen molar-refractivity contribution in [1.82, 2.24) is 15.6 Å². The van der Waals surface area contributed by atoms with Crippen LogP contribution in [-0.2, 0) is 21.4 Å². The first-order chi connectivity index (χ1) is 12.0. The number of rotatable bonds is 11. The van der Waals surface area contributed by atoms with Gasteiger partial charge in [0.2, 0.25) is 0 Å². The number of unbranched alkanes of at least 4 members (excludes halogenated alkanes) is 1. The second kappa shape index (κ2) is 12.2. The van der Waals surface area contributed by atoms with E-state index in [1.165, 1.54) is 0 Å². The van der Waals surface area contributed by atoms with Gasteiger partial charge in [0.1, 0.15) is 0 Å². The summed E-state index contributed by atoms with van der Waals surface area (Å²) in [5, 5.41) is 9.77. The summed E-state index contributed by atoms with van der Waals surface area (Å²) in [6.07, 6.45) is 2.27. The van der Waals surface area contributed by atoms with Crippen LogP contribution in [0.4, 0.5) is 0 Å². The number of guanidine groups is 1. The van der Waals surface area contributed by atoms with Crippen LogP contribution in [0.5, 0.6) is 0 Å². The van der Waals surface area contributed by atoms with Gasteiger partial charge in [-0.15, -0.1) is 11.3 Å². The van der Waals surface area contributed by atoms with Gasteiger partial charge in [-0.05, 0) is 6.42 Å². The smallest absolute Gasteiger partial charge is 0.191 e. The van der Waals surface area contributed by atoms with Crippen molar-refractivity contribution < 1.29 is 9.47 Å². The third-order valence-electron chi connectivity index (χ3n) is 3.41. The average Bonchev–Trinajstić information content (AvgIpc) is 3.05.